The fourth-order valence-corrected chi connectivity index (χ4v) is 6.63. The number of benzene rings is 1. The van der Waals surface area contributed by atoms with E-state index in [1.165, 1.54) is 45.2 Å². The SMILES string of the molecule is Cc1nn(C)c2c(N3CCC(Oc4ccc(C#N)cc4)CC3)nc(NC[C@@H]3CCC[C@H]3N3CCCC3)nc12.O=C(O)C(F)(F)F. The third kappa shape index (κ3) is 7.76. The Kier molecular flexibility index (Phi) is 9.96. The number of fused-ring (bicyclic) bond motifs is 1. The summed E-state index contributed by atoms with van der Waals surface area (Å²) in [6.45, 7) is 7.18. The van der Waals surface area contributed by atoms with Crippen LogP contribution in [-0.2, 0) is 11.8 Å². The second-order valence-corrected chi connectivity index (χ2v) is 11.9. The molecule has 2 N–H and O–H groups in total. The molecule has 14 heteroatoms. The molecule has 2 aliphatic heterocycles. The first-order chi connectivity index (χ1) is 21.5. The van der Waals surface area contributed by atoms with Crippen LogP contribution in [0.1, 0.15) is 56.2 Å². The average molecular weight is 629 g/mol. The first-order valence-electron chi connectivity index (χ1n) is 15.4. The molecule has 2 aromatic heterocycles. The van der Waals surface area contributed by atoms with E-state index in [4.69, 9.17) is 29.9 Å². The maximum atomic E-state index is 10.6. The maximum absolute atomic E-state index is 10.6. The van der Waals surface area contributed by atoms with Gasteiger partial charge in [0.25, 0.3) is 0 Å². The minimum Gasteiger partial charge on any atom is -0.490 e. The van der Waals surface area contributed by atoms with Crippen LogP contribution in [0.25, 0.3) is 11.0 Å². The number of carboxylic acid groups (broad SMARTS) is 1. The van der Waals surface area contributed by atoms with E-state index < -0.39 is 12.1 Å². The second-order valence-electron chi connectivity index (χ2n) is 11.9. The van der Waals surface area contributed by atoms with Crippen LogP contribution >= 0.6 is 0 Å². The lowest BCUT2D eigenvalue weighted by Crippen LogP contribution is -2.39. The van der Waals surface area contributed by atoms with Gasteiger partial charge in [0.05, 0.1) is 17.3 Å². The monoisotopic (exact) mass is 628 g/mol. The van der Waals surface area contributed by atoms with Gasteiger partial charge in [-0.1, -0.05) is 6.42 Å². The minimum absolute atomic E-state index is 0.146. The van der Waals surface area contributed by atoms with Crippen LogP contribution in [-0.4, -0.2) is 86.8 Å². The third-order valence-electron chi connectivity index (χ3n) is 8.85. The highest BCUT2D eigenvalue weighted by Crippen LogP contribution is 2.33. The number of aryl methyl sites for hydroxylation is 2. The molecule has 2 atom stereocenters. The summed E-state index contributed by atoms with van der Waals surface area (Å²) in [5.74, 6) is 0.389. The first-order valence-corrected chi connectivity index (χ1v) is 15.4. The second kappa shape index (κ2) is 13.9. The average Bonchev–Trinajstić information content (AvgIpc) is 3.77. The van der Waals surface area contributed by atoms with Gasteiger partial charge in [-0.15, -0.1) is 0 Å². The molecule has 0 radical (unpaired) electrons. The molecule has 0 unspecified atom stereocenters. The van der Waals surface area contributed by atoms with E-state index >= 15 is 0 Å². The minimum atomic E-state index is -5.08. The van der Waals surface area contributed by atoms with E-state index in [0.29, 0.717) is 23.5 Å². The van der Waals surface area contributed by atoms with Crippen LogP contribution in [0.3, 0.4) is 0 Å². The van der Waals surface area contributed by atoms with Crippen LogP contribution in [0.5, 0.6) is 5.75 Å². The number of nitrogens with one attached hydrogen (secondary N) is 1. The highest BCUT2D eigenvalue weighted by atomic mass is 19.4. The summed E-state index contributed by atoms with van der Waals surface area (Å²) in [6.07, 6.45) is 3.48. The number of aromatic nitrogens is 4. The summed E-state index contributed by atoms with van der Waals surface area (Å²) in [7, 11) is 1.98. The Hall–Kier alpha value is -4.12. The Balaban J connectivity index is 0.000000515. The Morgan fingerprint density at radius 2 is 1.73 bits per heavy atom. The van der Waals surface area contributed by atoms with E-state index in [2.05, 4.69) is 26.3 Å². The molecule has 0 bridgehead atoms. The van der Waals surface area contributed by atoms with Gasteiger partial charge in [-0.05, 0) is 75.9 Å². The maximum Gasteiger partial charge on any atom is 0.490 e. The van der Waals surface area contributed by atoms with E-state index in [-0.39, 0.29) is 6.10 Å². The normalized spacial score (nSPS) is 20.9. The van der Waals surface area contributed by atoms with Crippen molar-refractivity contribution < 1.29 is 27.8 Å². The van der Waals surface area contributed by atoms with E-state index in [1.807, 2.05) is 30.8 Å². The molecule has 11 nitrogen and oxygen atoms in total. The molecule has 3 aliphatic rings. The smallest absolute Gasteiger partial charge is 0.490 e. The van der Waals surface area contributed by atoms with E-state index in [0.717, 1.165) is 60.8 Å². The fourth-order valence-electron chi connectivity index (χ4n) is 6.63. The van der Waals surface area contributed by atoms with Crippen molar-refractivity contribution in [1.82, 2.24) is 24.6 Å². The zero-order chi connectivity index (χ0) is 32.1. The molecule has 45 heavy (non-hydrogen) atoms. The number of halogens is 3. The molecule has 3 aromatic rings. The lowest BCUT2D eigenvalue weighted by molar-refractivity contribution is -0.192. The number of carboxylic acids is 1. The molecule has 0 spiro atoms. The highest BCUT2D eigenvalue weighted by Gasteiger charge is 2.38. The summed E-state index contributed by atoms with van der Waals surface area (Å²) < 4.78 is 39.9. The Morgan fingerprint density at radius 1 is 1.07 bits per heavy atom. The van der Waals surface area contributed by atoms with Crippen molar-refractivity contribution in [3.05, 3.63) is 35.5 Å². The predicted octanol–water partition coefficient (Wildman–Crippen LogP) is 4.90. The van der Waals surface area contributed by atoms with Crippen LogP contribution in [0, 0.1) is 24.2 Å². The summed E-state index contributed by atoms with van der Waals surface area (Å²) >= 11 is 0. The fraction of sp³-hybridized carbons (Fsp3) is 0.581. The van der Waals surface area contributed by atoms with Crippen molar-refractivity contribution in [3.63, 3.8) is 0 Å². The number of aliphatic carboxylic acids is 1. The number of anilines is 2. The van der Waals surface area contributed by atoms with Crippen molar-refractivity contribution in [1.29, 1.82) is 5.26 Å². The molecule has 4 heterocycles. The number of hydrogen-bond acceptors (Lipinski definition) is 9. The van der Waals surface area contributed by atoms with Crippen LogP contribution in [0.15, 0.2) is 24.3 Å². The molecule has 1 aliphatic carbocycles. The van der Waals surface area contributed by atoms with Gasteiger partial charge in [0.15, 0.2) is 5.82 Å². The van der Waals surface area contributed by atoms with Crippen LogP contribution < -0.4 is 15.0 Å². The van der Waals surface area contributed by atoms with Gasteiger partial charge in [0, 0.05) is 45.6 Å². The molecule has 0 amide bonds. The molecule has 242 valence electrons. The number of hydrogen-bond donors (Lipinski definition) is 2. The van der Waals surface area contributed by atoms with Crippen LogP contribution in [0.4, 0.5) is 24.9 Å². The number of carbonyl (C=O) groups is 1. The zero-order valence-electron chi connectivity index (χ0n) is 25.6. The molecular weight excluding hydrogens is 589 g/mol. The molecular formula is C31H39F3N8O3. The number of nitrogens with zero attached hydrogens (tertiary/aromatic N) is 7. The molecule has 1 saturated carbocycles. The topological polar surface area (TPSA) is 132 Å². The number of ether oxygens (including phenoxy) is 1. The Labute approximate surface area is 260 Å². The standard InChI is InChI=1S/C29H38N8O.C2HF3O2/c1-20-26-27(35(2)34-20)28(37-16-12-24(13-17-37)38-23-10-8-21(18-30)9-11-23)33-29(32-26)31-19-22-6-5-7-25(22)36-14-3-4-15-36;3-2(4,5)1(6)7/h8-11,22,24-25H,3-7,12-17,19H2,1-2H3,(H,31,32,33);(H,6,7)/t22-,25+;/m0./s1. The molecule has 1 aromatic carbocycles. The zero-order valence-corrected chi connectivity index (χ0v) is 25.6. The number of likely N-dealkylation sites (tertiary alicyclic amines) is 1. The van der Waals surface area contributed by atoms with Gasteiger partial charge in [0.1, 0.15) is 22.9 Å². The van der Waals surface area contributed by atoms with Crippen LogP contribution in [0.2, 0.25) is 0 Å². The Morgan fingerprint density at radius 3 is 2.36 bits per heavy atom. The van der Waals surface area contributed by atoms with Gasteiger partial charge in [0.2, 0.25) is 5.95 Å². The molecule has 3 fully saturated rings. The summed E-state index contributed by atoms with van der Waals surface area (Å²) in [5.41, 5.74) is 3.51. The first kappa shape index (κ1) is 32.3. The number of nitriles is 1. The van der Waals surface area contributed by atoms with Gasteiger partial charge < -0.3 is 25.0 Å². The van der Waals surface area contributed by atoms with Crippen molar-refractivity contribution in [2.45, 2.75) is 70.2 Å². The largest absolute Gasteiger partial charge is 0.490 e. The van der Waals surface area contributed by atoms with Gasteiger partial charge in [-0.2, -0.15) is 28.5 Å². The molecule has 2 saturated heterocycles. The quantitative estimate of drug-likeness (QED) is 0.372. The number of piperidine rings is 1. The Bertz CT molecular complexity index is 1510. The van der Waals surface area contributed by atoms with Crippen molar-refractivity contribution in [3.8, 4) is 11.8 Å². The number of alkyl halides is 3. The third-order valence-corrected chi connectivity index (χ3v) is 8.85. The van der Waals surface area contributed by atoms with Gasteiger partial charge >= 0.3 is 12.1 Å². The van der Waals surface area contributed by atoms with Crippen molar-refractivity contribution in [2.75, 3.05) is 42.9 Å². The highest BCUT2D eigenvalue weighted by molar-refractivity contribution is 5.89. The van der Waals surface area contributed by atoms with Crippen molar-refractivity contribution in [2.24, 2.45) is 13.0 Å². The lowest BCUT2D eigenvalue weighted by atomic mass is 10.0. The molecule has 6 rings (SSSR count). The van der Waals surface area contributed by atoms with Gasteiger partial charge in [-0.3, -0.25) is 4.68 Å². The summed E-state index contributed by atoms with van der Waals surface area (Å²) in [5, 5.41) is 24.5. The van der Waals surface area contributed by atoms with Gasteiger partial charge in [-0.25, -0.2) is 9.78 Å². The predicted molar refractivity (Wildman–Crippen MR) is 162 cm³/mol. The van der Waals surface area contributed by atoms with E-state index in [1.54, 1.807) is 12.1 Å². The summed E-state index contributed by atoms with van der Waals surface area (Å²) in [4.78, 5) is 24.0. The lowest BCUT2D eigenvalue weighted by Gasteiger charge is -2.33. The van der Waals surface area contributed by atoms with Crippen molar-refractivity contribution >= 4 is 28.8 Å². The summed E-state index contributed by atoms with van der Waals surface area (Å²) in [6, 6.07) is 10.2. The van der Waals surface area contributed by atoms with E-state index in [9.17, 15) is 13.2 Å². The number of rotatable bonds is 7.